The Kier molecular flexibility index (Phi) is 7.12. The standard InChI is InChI=1S/C34H48N4O3S/c1-29(2)11-13-34(37-15-16-42(8,41)38-21-36)14-12-33(7)27(23(34)19-29)24(39)17-26-31(5)18-22(20-35)28(40)30(3,4)25(31)9-10-32(26,33)6/h17-18,23,25,27,37H,9-16,19H2,1-8H3/t23?,25-,27-,31-,32+,33+,34-,42?/m0/s1. The van der Waals surface area contributed by atoms with Gasteiger partial charge < -0.3 is 5.32 Å². The van der Waals surface area contributed by atoms with Gasteiger partial charge in [-0.2, -0.15) is 10.5 Å². The third-order valence-electron chi connectivity index (χ3n) is 13.1. The molecule has 2 unspecified atom stereocenters. The lowest BCUT2D eigenvalue weighted by Crippen LogP contribution is -2.69. The number of allylic oxidation sites excluding steroid dienone is 4. The maximum atomic E-state index is 14.6. The number of carbonyl (C=O) groups excluding carboxylic acids is 2. The van der Waals surface area contributed by atoms with Crippen LogP contribution in [0.15, 0.2) is 27.7 Å². The summed E-state index contributed by atoms with van der Waals surface area (Å²) < 4.78 is 16.4. The Hall–Kier alpha value is -2.29. The van der Waals surface area contributed by atoms with Crippen LogP contribution in [-0.2, 0) is 19.3 Å². The smallest absolute Gasteiger partial charge is 0.214 e. The third-order valence-corrected chi connectivity index (χ3v) is 14.5. The van der Waals surface area contributed by atoms with E-state index in [1.807, 2.05) is 26.0 Å². The van der Waals surface area contributed by atoms with Crippen LogP contribution in [0.5, 0.6) is 0 Å². The number of nitriles is 2. The molecule has 42 heavy (non-hydrogen) atoms. The number of hydrogen-bond donors (Lipinski definition) is 1. The van der Waals surface area contributed by atoms with Gasteiger partial charge in [0.2, 0.25) is 6.19 Å². The quantitative estimate of drug-likeness (QED) is 0.392. The predicted octanol–water partition coefficient (Wildman–Crippen LogP) is 6.13. The molecule has 1 N–H and O–H groups in total. The number of fused-ring (bicyclic) bond motifs is 7. The van der Waals surface area contributed by atoms with Gasteiger partial charge in [-0.15, -0.1) is 4.36 Å². The van der Waals surface area contributed by atoms with Crippen LogP contribution in [0.2, 0.25) is 0 Å². The molecule has 0 bridgehead atoms. The van der Waals surface area contributed by atoms with Crippen LogP contribution in [0.3, 0.4) is 0 Å². The van der Waals surface area contributed by atoms with Crippen molar-refractivity contribution in [2.45, 2.75) is 99.0 Å². The van der Waals surface area contributed by atoms with Gasteiger partial charge >= 0.3 is 0 Å². The molecule has 0 aliphatic heterocycles. The predicted molar refractivity (Wildman–Crippen MR) is 164 cm³/mol. The summed E-state index contributed by atoms with van der Waals surface area (Å²) in [5.74, 6) is 0.406. The van der Waals surface area contributed by atoms with Gasteiger partial charge in [0.15, 0.2) is 11.6 Å². The summed E-state index contributed by atoms with van der Waals surface area (Å²) in [6.45, 7) is 15.9. The lowest BCUT2D eigenvalue weighted by Gasteiger charge is -2.69. The van der Waals surface area contributed by atoms with Crippen LogP contribution in [0, 0.1) is 67.6 Å². The van der Waals surface area contributed by atoms with Crippen molar-refractivity contribution in [2.75, 3.05) is 18.6 Å². The maximum absolute atomic E-state index is 14.6. The van der Waals surface area contributed by atoms with Gasteiger partial charge in [-0.05, 0) is 79.1 Å². The summed E-state index contributed by atoms with van der Waals surface area (Å²) in [6, 6.07) is 2.19. The second-order valence-electron chi connectivity index (χ2n) is 16.2. The van der Waals surface area contributed by atoms with Crippen LogP contribution < -0.4 is 5.32 Å². The molecule has 0 spiro atoms. The van der Waals surface area contributed by atoms with Gasteiger partial charge in [0, 0.05) is 40.8 Å². The molecular formula is C34H48N4O3S. The van der Waals surface area contributed by atoms with Crippen LogP contribution in [0.25, 0.3) is 0 Å². The van der Waals surface area contributed by atoms with E-state index >= 15 is 0 Å². The average Bonchev–Trinajstić information content (AvgIpc) is 2.88. The van der Waals surface area contributed by atoms with Gasteiger partial charge in [0.25, 0.3) is 0 Å². The van der Waals surface area contributed by atoms with Gasteiger partial charge in [-0.25, -0.2) is 4.21 Å². The first kappa shape index (κ1) is 31.1. The Morgan fingerprint density at radius 2 is 1.69 bits per heavy atom. The first-order valence-corrected chi connectivity index (χ1v) is 17.7. The van der Waals surface area contributed by atoms with E-state index in [1.165, 1.54) is 6.26 Å². The molecular weight excluding hydrogens is 544 g/mol. The third kappa shape index (κ3) is 4.30. The van der Waals surface area contributed by atoms with E-state index in [0.29, 0.717) is 12.3 Å². The Balaban J connectivity index is 1.60. The maximum Gasteiger partial charge on any atom is 0.214 e. The van der Waals surface area contributed by atoms with Gasteiger partial charge in [0.05, 0.1) is 15.3 Å². The zero-order valence-corrected chi connectivity index (χ0v) is 27.5. The van der Waals surface area contributed by atoms with Gasteiger partial charge in [-0.3, -0.25) is 9.59 Å². The molecule has 0 aromatic heterocycles. The minimum Gasteiger partial charge on any atom is -0.310 e. The second kappa shape index (κ2) is 9.60. The number of ketones is 2. The number of nitrogens with zero attached hydrogens (tertiary/aromatic N) is 3. The summed E-state index contributed by atoms with van der Waals surface area (Å²) >= 11 is 0. The summed E-state index contributed by atoms with van der Waals surface area (Å²) in [6.07, 6.45) is 13.7. The number of carbonyl (C=O) groups is 2. The fourth-order valence-corrected chi connectivity index (χ4v) is 11.3. The van der Waals surface area contributed by atoms with E-state index in [9.17, 15) is 19.1 Å². The molecule has 3 fully saturated rings. The Morgan fingerprint density at radius 3 is 2.33 bits per heavy atom. The molecule has 5 aliphatic rings. The molecule has 7 nitrogen and oxygen atoms in total. The fraction of sp³-hybridized carbons (Fsp3) is 0.765. The largest absolute Gasteiger partial charge is 0.310 e. The van der Waals surface area contributed by atoms with E-state index in [0.717, 1.165) is 50.5 Å². The molecule has 8 atom stereocenters. The van der Waals surface area contributed by atoms with Crippen LogP contribution in [-0.4, -0.2) is 39.9 Å². The van der Waals surface area contributed by atoms with Crippen molar-refractivity contribution in [1.29, 1.82) is 10.5 Å². The number of nitrogens with one attached hydrogen (secondary N) is 1. The van der Waals surface area contributed by atoms with E-state index in [1.54, 1.807) is 6.19 Å². The van der Waals surface area contributed by atoms with Crippen LogP contribution in [0.1, 0.15) is 93.4 Å². The first-order chi connectivity index (χ1) is 19.3. The number of Topliss-reactive ketones (excluding diaryl/α,β-unsaturated/α-hetero) is 1. The highest BCUT2D eigenvalue weighted by molar-refractivity contribution is 7.93. The van der Waals surface area contributed by atoms with Gasteiger partial charge in [0.1, 0.15) is 6.07 Å². The fourth-order valence-electron chi connectivity index (χ4n) is 10.6. The number of rotatable bonds is 4. The van der Waals surface area contributed by atoms with E-state index in [2.05, 4.69) is 50.4 Å². The zero-order chi connectivity index (χ0) is 31.1. The van der Waals surface area contributed by atoms with Crippen molar-refractivity contribution in [3.63, 3.8) is 0 Å². The molecule has 5 rings (SSSR count). The summed E-state index contributed by atoms with van der Waals surface area (Å²) in [5.41, 5.74) is -0.519. The molecule has 228 valence electrons. The molecule has 0 aromatic rings. The molecule has 0 saturated heterocycles. The highest BCUT2D eigenvalue weighted by Gasteiger charge is 2.69. The van der Waals surface area contributed by atoms with Gasteiger partial charge in [-0.1, -0.05) is 60.1 Å². The topological polar surface area (TPSA) is 123 Å². The molecule has 0 amide bonds. The molecule has 0 heterocycles. The van der Waals surface area contributed by atoms with Crippen molar-refractivity contribution in [2.24, 2.45) is 49.2 Å². The zero-order valence-electron chi connectivity index (χ0n) is 26.7. The minimum atomic E-state index is -2.58. The highest BCUT2D eigenvalue weighted by atomic mass is 32.2. The lowest BCUT2D eigenvalue weighted by atomic mass is 9.35. The normalized spacial score (nSPS) is 43.0. The van der Waals surface area contributed by atoms with Crippen molar-refractivity contribution >= 4 is 21.3 Å². The Labute approximate surface area is 252 Å². The first-order valence-electron chi connectivity index (χ1n) is 15.6. The van der Waals surface area contributed by atoms with Crippen molar-refractivity contribution < 1.29 is 13.8 Å². The van der Waals surface area contributed by atoms with Crippen molar-refractivity contribution in [3.05, 3.63) is 23.3 Å². The summed E-state index contributed by atoms with van der Waals surface area (Å²) in [7, 11) is -2.58. The molecule has 8 heteroatoms. The van der Waals surface area contributed by atoms with Crippen molar-refractivity contribution in [3.8, 4) is 12.3 Å². The lowest BCUT2D eigenvalue weighted by molar-refractivity contribution is -0.161. The minimum absolute atomic E-state index is 0.0302. The second-order valence-corrected chi connectivity index (χ2v) is 18.7. The highest BCUT2D eigenvalue weighted by Crippen LogP contribution is 2.73. The average molecular weight is 593 g/mol. The Morgan fingerprint density at radius 1 is 1.02 bits per heavy atom. The van der Waals surface area contributed by atoms with E-state index in [-0.39, 0.29) is 56.7 Å². The summed E-state index contributed by atoms with van der Waals surface area (Å²) in [5, 5.41) is 22.7. The Bertz CT molecular complexity index is 1500. The van der Waals surface area contributed by atoms with E-state index in [4.69, 9.17) is 5.26 Å². The molecule has 5 aliphatic carbocycles. The van der Waals surface area contributed by atoms with Crippen molar-refractivity contribution in [1.82, 2.24) is 5.32 Å². The van der Waals surface area contributed by atoms with Crippen LogP contribution in [0.4, 0.5) is 0 Å². The molecule has 0 aromatic carbocycles. The van der Waals surface area contributed by atoms with E-state index < -0.39 is 20.6 Å². The summed E-state index contributed by atoms with van der Waals surface area (Å²) in [4.78, 5) is 27.9. The molecule has 3 saturated carbocycles. The number of hydrogen-bond acceptors (Lipinski definition) is 7. The SMILES string of the molecule is CC1(C)CC[C@]2(NCCS(C)(=O)=NC#N)CC[C@]3(C)[C@H](C(=O)C=C4[C@@]5(C)C=C(C#N)C(=O)C(C)(C)[C@@H]5CC[C@]43C)C2C1. The van der Waals surface area contributed by atoms with Crippen LogP contribution >= 0.6 is 0 Å². The monoisotopic (exact) mass is 592 g/mol. The molecule has 0 radical (unpaired) electrons.